The first-order valence-corrected chi connectivity index (χ1v) is 13.1. The molecule has 0 heterocycles. The van der Waals surface area contributed by atoms with Crippen LogP contribution >= 0.6 is 0 Å². The van der Waals surface area contributed by atoms with Crippen LogP contribution < -0.4 is 5.32 Å². The van der Waals surface area contributed by atoms with Gasteiger partial charge in [-0.1, -0.05) is 133 Å². The van der Waals surface area contributed by atoms with Crippen molar-refractivity contribution >= 4 is 11.4 Å². The highest BCUT2D eigenvalue weighted by atomic mass is 14.9. The Bertz CT molecular complexity index is 1680. The molecule has 7 rings (SSSR count). The number of benzene rings is 6. The first kappa shape index (κ1) is 22.3. The largest absolute Gasteiger partial charge is 0.355 e. The molecule has 0 aromatic heterocycles. The molecule has 0 saturated heterocycles. The zero-order valence-corrected chi connectivity index (χ0v) is 21.0. The van der Waals surface area contributed by atoms with Crippen molar-refractivity contribution in [2.45, 2.75) is 5.41 Å². The van der Waals surface area contributed by atoms with Crippen LogP contribution in [0.2, 0.25) is 0 Å². The summed E-state index contributed by atoms with van der Waals surface area (Å²) >= 11 is 0. The van der Waals surface area contributed by atoms with Gasteiger partial charge in [0.05, 0.1) is 5.41 Å². The Balaban J connectivity index is 1.49. The normalized spacial score (nSPS) is 12.9. The summed E-state index contributed by atoms with van der Waals surface area (Å²) in [6, 6.07) is 56.8. The third-order valence-corrected chi connectivity index (χ3v) is 7.75. The molecule has 6 aromatic carbocycles. The fourth-order valence-electron chi connectivity index (χ4n) is 6.13. The van der Waals surface area contributed by atoms with Gasteiger partial charge in [-0.25, -0.2) is 0 Å². The molecule has 0 bridgehead atoms. The number of hydrogen-bond acceptors (Lipinski definition) is 1. The second-order valence-electron chi connectivity index (χ2n) is 9.82. The monoisotopic (exact) mass is 485 g/mol. The Kier molecular flexibility index (Phi) is 5.41. The number of anilines is 2. The molecule has 0 atom stereocenters. The van der Waals surface area contributed by atoms with Crippen molar-refractivity contribution in [2.75, 3.05) is 5.32 Å². The predicted octanol–water partition coefficient (Wildman–Crippen LogP) is 9.46. The lowest BCUT2D eigenvalue weighted by Gasteiger charge is -2.34. The van der Waals surface area contributed by atoms with E-state index in [0.29, 0.717) is 0 Å². The molecule has 0 spiro atoms. The Labute approximate surface area is 224 Å². The topological polar surface area (TPSA) is 12.0 Å². The van der Waals surface area contributed by atoms with E-state index in [4.69, 9.17) is 0 Å². The molecule has 0 amide bonds. The van der Waals surface area contributed by atoms with Gasteiger partial charge in [-0.3, -0.25) is 0 Å². The van der Waals surface area contributed by atoms with Crippen molar-refractivity contribution in [3.05, 3.63) is 180 Å². The molecular weight excluding hydrogens is 458 g/mol. The number of hydrogen-bond donors (Lipinski definition) is 1. The summed E-state index contributed by atoms with van der Waals surface area (Å²) in [6.45, 7) is 0. The molecule has 1 nitrogen and oxygen atoms in total. The van der Waals surface area contributed by atoms with Crippen LogP contribution in [0.4, 0.5) is 11.4 Å². The molecule has 1 aliphatic rings. The fourth-order valence-corrected chi connectivity index (χ4v) is 6.13. The molecule has 38 heavy (non-hydrogen) atoms. The molecule has 0 unspecified atom stereocenters. The van der Waals surface area contributed by atoms with Crippen LogP contribution in [0.1, 0.15) is 22.3 Å². The highest BCUT2D eigenvalue weighted by Gasteiger charge is 2.46. The zero-order chi connectivity index (χ0) is 25.4. The van der Waals surface area contributed by atoms with Crippen LogP contribution in [0, 0.1) is 0 Å². The number of rotatable bonds is 5. The minimum Gasteiger partial charge on any atom is -0.355 e. The maximum atomic E-state index is 3.64. The van der Waals surface area contributed by atoms with Gasteiger partial charge in [0, 0.05) is 16.9 Å². The predicted molar refractivity (Wildman–Crippen MR) is 159 cm³/mol. The lowest BCUT2D eigenvalue weighted by atomic mass is 9.67. The quantitative estimate of drug-likeness (QED) is 0.256. The number of para-hydroxylation sites is 2. The first-order valence-electron chi connectivity index (χ1n) is 13.1. The van der Waals surface area contributed by atoms with Crippen LogP contribution in [0.3, 0.4) is 0 Å². The average Bonchev–Trinajstić information content (AvgIpc) is 3.29. The van der Waals surface area contributed by atoms with Crippen molar-refractivity contribution in [3.8, 4) is 22.3 Å². The Morgan fingerprint density at radius 1 is 0.395 bits per heavy atom. The maximum Gasteiger partial charge on any atom is 0.0713 e. The van der Waals surface area contributed by atoms with Crippen molar-refractivity contribution in [1.82, 2.24) is 0 Å². The van der Waals surface area contributed by atoms with Gasteiger partial charge in [0.1, 0.15) is 0 Å². The smallest absolute Gasteiger partial charge is 0.0713 e. The molecule has 0 fully saturated rings. The molecule has 0 aliphatic heterocycles. The van der Waals surface area contributed by atoms with Crippen LogP contribution in [0.15, 0.2) is 158 Å². The highest BCUT2D eigenvalue weighted by Crippen LogP contribution is 2.56. The van der Waals surface area contributed by atoms with E-state index >= 15 is 0 Å². The Morgan fingerprint density at radius 3 is 1.61 bits per heavy atom. The molecule has 0 saturated carbocycles. The minimum atomic E-state index is -0.397. The van der Waals surface area contributed by atoms with E-state index in [1.807, 2.05) is 6.07 Å². The second kappa shape index (κ2) is 9.21. The van der Waals surface area contributed by atoms with Crippen molar-refractivity contribution < 1.29 is 0 Å². The van der Waals surface area contributed by atoms with Crippen molar-refractivity contribution in [1.29, 1.82) is 0 Å². The van der Waals surface area contributed by atoms with E-state index in [0.717, 1.165) is 11.4 Å². The van der Waals surface area contributed by atoms with Crippen LogP contribution in [-0.4, -0.2) is 0 Å². The van der Waals surface area contributed by atoms with Gasteiger partial charge in [-0.2, -0.15) is 0 Å². The maximum absolute atomic E-state index is 3.64. The Morgan fingerprint density at radius 2 is 0.921 bits per heavy atom. The summed E-state index contributed by atoms with van der Waals surface area (Å²) in [6.07, 6.45) is 0. The van der Waals surface area contributed by atoms with E-state index < -0.39 is 5.41 Å². The van der Waals surface area contributed by atoms with E-state index in [1.54, 1.807) is 0 Å². The van der Waals surface area contributed by atoms with E-state index in [9.17, 15) is 0 Å². The molecule has 1 aliphatic carbocycles. The number of fused-ring (bicyclic) bond motifs is 3. The molecule has 180 valence electrons. The van der Waals surface area contributed by atoms with Gasteiger partial charge >= 0.3 is 0 Å². The number of nitrogens with one attached hydrogen (secondary N) is 1. The molecule has 6 aromatic rings. The van der Waals surface area contributed by atoms with Crippen LogP contribution in [0.5, 0.6) is 0 Å². The molecule has 1 heteroatoms. The van der Waals surface area contributed by atoms with E-state index in [1.165, 1.54) is 44.5 Å². The van der Waals surface area contributed by atoms with Crippen molar-refractivity contribution in [3.63, 3.8) is 0 Å². The fraction of sp³-hybridized carbons (Fsp3) is 0.0270. The highest BCUT2D eigenvalue weighted by molar-refractivity contribution is 5.90. The van der Waals surface area contributed by atoms with Gasteiger partial charge in [0.25, 0.3) is 0 Å². The third kappa shape index (κ3) is 3.48. The summed E-state index contributed by atoms with van der Waals surface area (Å²) in [5, 5.41) is 3.64. The molecule has 1 N–H and O–H groups in total. The second-order valence-corrected chi connectivity index (χ2v) is 9.82. The Hall–Kier alpha value is -4.88. The summed E-state index contributed by atoms with van der Waals surface area (Å²) in [5.74, 6) is 0. The zero-order valence-electron chi connectivity index (χ0n) is 21.0. The summed E-state index contributed by atoms with van der Waals surface area (Å²) in [7, 11) is 0. The molecular formula is C37H27N. The van der Waals surface area contributed by atoms with Gasteiger partial charge in [-0.15, -0.1) is 0 Å². The average molecular weight is 486 g/mol. The van der Waals surface area contributed by atoms with Gasteiger partial charge in [-0.05, 0) is 63.2 Å². The molecule has 0 radical (unpaired) electrons. The summed E-state index contributed by atoms with van der Waals surface area (Å²) < 4.78 is 0. The minimum absolute atomic E-state index is 0.397. The summed E-state index contributed by atoms with van der Waals surface area (Å²) in [4.78, 5) is 0. The van der Waals surface area contributed by atoms with Crippen LogP contribution in [0.25, 0.3) is 22.3 Å². The third-order valence-electron chi connectivity index (χ3n) is 7.75. The first-order chi connectivity index (χ1) is 18.9. The SMILES string of the molecule is c1ccc(Nc2ccccc2-c2ccc3c(c2)C(c2ccccc2)(c2ccccc2)c2ccccc2-3)cc1. The summed E-state index contributed by atoms with van der Waals surface area (Å²) in [5.41, 5.74) is 12.0. The standard InChI is InChI=1S/C37H27N/c1-4-14-28(15-5-1)37(29-16-6-2-7-17-29)34-22-12-10-21-32(34)33-25-24-27(26-35(33)37)31-20-11-13-23-36(31)38-30-18-8-3-9-19-30/h1-26,38H. The van der Waals surface area contributed by atoms with Gasteiger partial charge in [0.2, 0.25) is 0 Å². The van der Waals surface area contributed by atoms with Gasteiger partial charge in [0.15, 0.2) is 0 Å². The lowest BCUT2D eigenvalue weighted by molar-refractivity contribution is 0.769. The van der Waals surface area contributed by atoms with E-state index in [2.05, 4.69) is 157 Å². The van der Waals surface area contributed by atoms with E-state index in [-0.39, 0.29) is 0 Å². The van der Waals surface area contributed by atoms with Gasteiger partial charge < -0.3 is 5.32 Å². The lowest BCUT2D eigenvalue weighted by Crippen LogP contribution is -2.28. The van der Waals surface area contributed by atoms with Crippen molar-refractivity contribution in [2.24, 2.45) is 0 Å². The van der Waals surface area contributed by atoms with Crippen LogP contribution in [-0.2, 0) is 5.41 Å².